The fraction of sp³-hybridized carbons (Fsp3) is 0.938. The van der Waals surface area contributed by atoms with Gasteiger partial charge in [0.2, 0.25) is 0 Å². The number of unbranched alkanes of at least 4 members (excludes halogenated alkanes) is 20. The van der Waals surface area contributed by atoms with Gasteiger partial charge in [-0.1, -0.05) is 149 Å². The molecule has 0 spiro atoms. The summed E-state index contributed by atoms with van der Waals surface area (Å²) < 4.78 is 5.35. The molecule has 0 amide bonds. The summed E-state index contributed by atoms with van der Waals surface area (Å²) in [5, 5.41) is 9.52. The Labute approximate surface area is 234 Å². The van der Waals surface area contributed by atoms with Gasteiger partial charge in [-0.15, -0.1) is 0 Å². The van der Waals surface area contributed by atoms with Gasteiger partial charge in [-0.05, 0) is 12.8 Å². The van der Waals surface area contributed by atoms with Crippen LogP contribution in [0.4, 0.5) is 0 Å². The van der Waals surface area contributed by atoms with Gasteiger partial charge in [0.25, 0.3) is 0 Å². The topological polar surface area (TPSA) is 63.6 Å². The minimum atomic E-state index is -0.695. The van der Waals surface area contributed by atoms with Gasteiger partial charge in [-0.25, -0.2) is 0 Å². The van der Waals surface area contributed by atoms with Crippen LogP contribution in [0.25, 0.3) is 0 Å². The van der Waals surface area contributed by atoms with Crippen molar-refractivity contribution in [3.63, 3.8) is 0 Å². The van der Waals surface area contributed by atoms with Crippen molar-refractivity contribution in [3.8, 4) is 0 Å². The third-order valence-electron chi connectivity index (χ3n) is 7.29. The van der Waals surface area contributed by atoms with Crippen molar-refractivity contribution >= 4 is 23.7 Å². The van der Waals surface area contributed by atoms with E-state index in [0.29, 0.717) is 24.5 Å². The van der Waals surface area contributed by atoms with E-state index in [1.807, 2.05) is 0 Å². The lowest BCUT2D eigenvalue weighted by atomic mass is 10.0. The highest BCUT2D eigenvalue weighted by atomic mass is 32.2. The molecule has 0 aliphatic rings. The zero-order chi connectivity index (χ0) is 27.2. The molecular formula is C32H62O4S. The zero-order valence-electron chi connectivity index (χ0n) is 24.7. The van der Waals surface area contributed by atoms with E-state index in [2.05, 4.69) is 13.8 Å². The predicted octanol–water partition coefficient (Wildman–Crippen LogP) is 10.4. The summed E-state index contributed by atoms with van der Waals surface area (Å²) in [4.78, 5) is 23.5. The van der Waals surface area contributed by atoms with E-state index in [0.717, 1.165) is 32.1 Å². The molecule has 0 aromatic carbocycles. The highest BCUT2D eigenvalue weighted by Gasteiger charge is 2.17. The van der Waals surface area contributed by atoms with Crippen LogP contribution in [0.15, 0.2) is 0 Å². The summed E-state index contributed by atoms with van der Waals surface area (Å²) in [7, 11) is 0. The van der Waals surface area contributed by atoms with E-state index < -0.39 is 5.97 Å². The third kappa shape index (κ3) is 28.1. The molecule has 0 rings (SSSR count). The normalized spacial score (nSPS) is 12.1. The van der Waals surface area contributed by atoms with Crippen LogP contribution in [0.3, 0.4) is 0 Å². The summed E-state index contributed by atoms with van der Waals surface area (Å²) in [6, 6.07) is 0. The molecule has 0 bridgehead atoms. The van der Waals surface area contributed by atoms with E-state index in [-0.39, 0.29) is 11.9 Å². The van der Waals surface area contributed by atoms with Gasteiger partial charge in [-0.2, -0.15) is 11.8 Å². The first-order chi connectivity index (χ1) is 18.1. The van der Waals surface area contributed by atoms with Gasteiger partial charge >= 0.3 is 11.9 Å². The number of hydrogen-bond donors (Lipinski definition) is 1. The van der Waals surface area contributed by atoms with Crippen molar-refractivity contribution in [1.29, 1.82) is 0 Å². The number of carboxylic acid groups (broad SMARTS) is 1. The maximum Gasteiger partial charge on any atom is 0.307 e. The summed E-state index contributed by atoms with van der Waals surface area (Å²) in [6.45, 7) is 5.04. The maximum absolute atomic E-state index is 11.9. The number of hydrogen-bond acceptors (Lipinski definition) is 4. The summed E-state index contributed by atoms with van der Waals surface area (Å²) >= 11 is 1.58. The lowest BCUT2D eigenvalue weighted by Gasteiger charge is -2.12. The number of carboxylic acids is 1. The molecule has 0 aromatic heterocycles. The molecule has 0 saturated carbocycles. The Hall–Kier alpha value is -0.710. The maximum atomic E-state index is 11.9. The van der Waals surface area contributed by atoms with Crippen LogP contribution in [0.1, 0.15) is 168 Å². The van der Waals surface area contributed by atoms with Crippen LogP contribution in [-0.4, -0.2) is 35.2 Å². The number of ether oxygens (including phenoxy) is 1. The monoisotopic (exact) mass is 542 g/mol. The third-order valence-corrected chi connectivity index (χ3v) is 8.42. The fourth-order valence-electron chi connectivity index (χ4n) is 4.74. The van der Waals surface area contributed by atoms with Crippen molar-refractivity contribution in [1.82, 2.24) is 0 Å². The second-order valence-electron chi connectivity index (χ2n) is 10.9. The van der Waals surface area contributed by atoms with Crippen molar-refractivity contribution in [2.45, 2.75) is 168 Å². The molecule has 220 valence electrons. The average Bonchev–Trinajstić information content (AvgIpc) is 2.88. The summed E-state index contributed by atoms with van der Waals surface area (Å²) in [5.74, 6) is 0.115. The SMILES string of the molecule is CCCCCCCCCCCCCCC(CSCCC(=O)OCCCCCCCCCCCC)C(=O)O. The first-order valence-corrected chi connectivity index (χ1v) is 17.2. The van der Waals surface area contributed by atoms with E-state index >= 15 is 0 Å². The Kier molecular flexibility index (Phi) is 29.3. The quantitative estimate of drug-likeness (QED) is 0.0722. The molecule has 1 N–H and O–H groups in total. The van der Waals surface area contributed by atoms with Crippen LogP contribution in [-0.2, 0) is 14.3 Å². The van der Waals surface area contributed by atoms with Crippen molar-refractivity contribution < 1.29 is 19.4 Å². The minimum absolute atomic E-state index is 0.142. The van der Waals surface area contributed by atoms with Gasteiger partial charge < -0.3 is 9.84 Å². The lowest BCUT2D eigenvalue weighted by molar-refractivity contribution is -0.143. The second-order valence-corrected chi connectivity index (χ2v) is 12.1. The average molecular weight is 543 g/mol. The Bertz CT molecular complexity index is 497. The second kappa shape index (κ2) is 29.8. The van der Waals surface area contributed by atoms with Crippen LogP contribution >= 0.6 is 11.8 Å². The van der Waals surface area contributed by atoms with E-state index in [9.17, 15) is 14.7 Å². The van der Waals surface area contributed by atoms with E-state index in [1.54, 1.807) is 11.8 Å². The number of carbonyl (C=O) groups is 2. The van der Waals surface area contributed by atoms with Gasteiger partial charge in [0.15, 0.2) is 0 Å². The highest BCUT2D eigenvalue weighted by molar-refractivity contribution is 7.99. The van der Waals surface area contributed by atoms with Crippen LogP contribution in [0.5, 0.6) is 0 Å². The molecule has 0 radical (unpaired) electrons. The molecule has 0 aliphatic carbocycles. The smallest absolute Gasteiger partial charge is 0.307 e. The van der Waals surface area contributed by atoms with Gasteiger partial charge in [0.05, 0.1) is 18.9 Å². The number of rotatable bonds is 30. The fourth-order valence-corrected chi connectivity index (χ4v) is 5.81. The molecular weight excluding hydrogens is 480 g/mol. The molecule has 4 nitrogen and oxygen atoms in total. The minimum Gasteiger partial charge on any atom is -0.481 e. The summed E-state index contributed by atoms with van der Waals surface area (Å²) in [5.41, 5.74) is 0. The largest absolute Gasteiger partial charge is 0.481 e. The molecule has 37 heavy (non-hydrogen) atoms. The van der Waals surface area contributed by atoms with Crippen LogP contribution in [0.2, 0.25) is 0 Å². The first kappa shape index (κ1) is 36.3. The van der Waals surface area contributed by atoms with Crippen molar-refractivity contribution in [2.75, 3.05) is 18.1 Å². The molecule has 0 fully saturated rings. The molecule has 1 unspecified atom stereocenters. The molecule has 0 saturated heterocycles. The van der Waals surface area contributed by atoms with Crippen LogP contribution < -0.4 is 0 Å². The molecule has 0 aliphatic heterocycles. The first-order valence-electron chi connectivity index (χ1n) is 16.1. The lowest BCUT2D eigenvalue weighted by Crippen LogP contribution is -2.17. The van der Waals surface area contributed by atoms with Gasteiger partial charge in [0, 0.05) is 11.5 Å². The standard InChI is InChI=1S/C32H62O4S/c1-3-5-7-9-11-13-15-16-17-19-21-23-25-30(32(34)35)29-37-28-26-31(33)36-27-24-22-20-18-14-12-10-8-6-4-2/h30H,3-29H2,1-2H3,(H,34,35). The van der Waals surface area contributed by atoms with Gasteiger partial charge in [0.1, 0.15) is 0 Å². The molecule has 5 heteroatoms. The Morgan fingerprint density at radius 1 is 0.622 bits per heavy atom. The van der Waals surface area contributed by atoms with Crippen molar-refractivity contribution in [2.24, 2.45) is 5.92 Å². The predicted molar refractivity (Wildman–Crippen MR) is 162 cm³/mol. The number of thioether (sulfide) groups is 1. The zero-order valence-corrected chi connectivity index (χ0v) is 25.6. The number of aliphatic carboxylic acids is 1. The Balaban J connectivity index is 3.53. The van der Waals surface area contributed by atoms with E-state index in [4.69, 9.17) is 4.74 Å². The number of esters is 1. The number of carbonyl (C=O) groups excluding carboxylic acids is 1. The Morgan fingerprint density at radius 3 is 1.46 bits per heavy atom. The van der Waals surface area contributed by atoms with E-state index in [1.165, 1.54) is 116 Å². The summed E-state index contributed by atoms with van der Waals surface area (Å²) in [6.07, 6.45) is 29.4. The highest BCUT2D eigenvalue weighted by Crippen LogP contribution is 2.19. The molecule has 0 heterocycles. The van der Waals surface area contributed by atoms with Gasteiger partial charge in [-0.3, -0.25) is 9.59 Å². The van der Waals surface area contributed by atoms with Crippen molar-refractivity contribution in [3.05, 3.63) is 0 Å². The molecule has 1 atom stereocenters. The molecule has 0 aromatic rings. The van der Waals surface area contributed by atoms with Crippen LogP contribution in [0, 0.1) is 5.92 Å². The Morgan fingerprint density at radius 2 is 1.03 bits per heavy atom.